The van der Waals surface area contributed by atoms with E-state index < -0.39 is 22.0 Å². The van der Waals surface area contributed by atoms with Gasteiger partial charge in [-0.1, -0.05) is 0 Å². The average Bonchev–Trinajstić information content (AvgIpc) is 2.36. The minimum Gasteiger partial charge on any atom is -0.465 e. The van der Waals surface area contributed by atoms with Crippen LogP contribution in [0.5, 0.6) is 0 Å². The molecule has 0 radical (unpaired) electrons. The first-order valence-electron chi connectivity index (χ1n) is 6.18. The van der Waals surface area contributed by atoms with Crippen LogP contribution in [0, 0.1) is 0 Å². The minimum absolute atomic E-state index is 0.0954. The summed E-state index contributed by atoms with van der Waals surface area (Å²) in [6.07, 6.45) is 1.40. The molecule has 0 unspecified atom stereocenters. The summed E-state index contributed by atoms with van der Waals surface area (Å²) in [6, 6.07) is 2.42. The fourth-order valence-corrected chi connectivity index (χ4v) is 3.28. The molecular weight excluding hydrogens is 282 g/mol. The molecule has 1 aromatic rings. The van der Waals surface area contributed by atoms with Gasteiger partial charge in [-0.2, -0.15) is 4.31 Å². The molecule has 0 aliphatic rings. The predicted octanol–water partition coefficient (Wildman–Crippen LogP) is 0.626. The number of nitrogens with two attached hydrogens (primary N) is 1. The van der Waals surface area contributed by atoms with Crippen LogP contribution in [0.4, 0.5) is 5.82 Å². The van der Waals surface area contributed by atoms with Gasteiger partial charge in [-0.3, -0.25) is 4.79 Å². The molecule has 0 saturated heterocycles. The Morgan fingerprint density at radius 3 is 2.65 bits per heavy atom. The number of carbonyl (C=O) groups is 1. The minimum atomic E-state index is -3.90. The second-order valence-corrected chi connectivity index (χ2v) is 6.19. The van der Waals surface area contributed by atoms with Gasteiger partial charge in [0.05, 0.1) is 6.61 Å². The fraction of sp³-hybridized carbons (Fsp3) is 0.500. The molecule has 20 heavy (non-hydrogen) atoms. The van der Waals surface area contributed by atoms with Crippen molar-refractivity contribution in [3.63, 3.8) is 0 Å². The zero-order chi connectivity index (χ0) is 15.3. The monoisotopic (exact) mass is 301 g/mol. The normalized spacial score (nSPS) is 11.8. The van der Waals surface area contributed by atoms with Crippen LogP contribution in [0.15, 0.2) is 23.2 Å². The van der Waals surface area contributed by atoms with Crippen molar-refractivity contribution < 1.29 is 17.9 Å². The van der Waals surface area contributed by atoms with E-state index in [9.17, 15) is 13.2 Å². The van der Waals surface area contributed by atoms with Crippen molar-refractivity contribution >= 4 is 21.8 Å². The van der Waals surface area contributed by atoms with Gasteiger partial charge in [0.15, 0.2) is 0 Å². The Bertz CT molecular complexity index is 572. The van der Waals surface area contributed by atoms with Crippen molar-refractivity contribution in [3.05, 3.63) is 18.3 Å². The second-order valence-electron chi connectivity index (χ2n) is 4.34. The van der Waals surface area contributed by atoms with Gasteiger partial charge in [0, 0.05) is 12.2 Å². The molecule has 0 atom stereocenters. The van der Waals surface area contributed by atoms with Crippen molar-refractivity contribution in [3.8, 4) is 0 Å². The molecule has 0 fully saturated rings. The van der Waals surface area contributed by atoms with Crippen LogP contribution in [-0.2, 0) is 19.6 Å². The summed E-state index contributed by atoms with van der Waals surface area (Å²) in [5.41, 5.74) is 5.60. The van der Waals surface area contributed by atoms with E-state index in [1.165, 1.54) is 18.3 Å². The van der Waals surface area contributed by atoms with Gasteiger partial charge in [0.25, 0.3) is 0 Å². The lowest BCUT2D eigenvalue weighted by atomic mass is 10.4. The topological polar surface area (TPSA) is 103 Å². The van der Waals surface area contributed by atoms with Gasteiger partial charge in [0.1, 0.15) is 17.3 Å². The number of anilines is 1. The van der Waals surface area contributed by atoms with Crippen LogP contribution in [-0.4, -0.2) is 42.9 Å². The number of pyridine rings is 1. The van der Waals surface area contributed by atoms with Gasteiger partial charge < -0.3 is 10.5 Å². The van der Waals surface area contributed by atoms with Gasteiger partial charge in [-0.05, 0) is 32.9 Å². The van der Waals surface area contributed by atoms with Gasteiger partial charge in [0.2, 0.25) is 10.0 Å². The van der Waals surface area contributed by atoms with Crippen LogP contribution in [0.2, 0.25) is 0 Å². The number of nitrogens with zero attached hydrogens (tertiary/aromatic N) is 2. The zero-order valence-corrected chi connectivity index (χ0v) is 12.6. The molecular formula is C12H19N3O4S. The maximum absolute atomic E-state index is 12.5. The summed E-state index contributed by atoms with van der Waals surface area (Å²) in [7, 11) is -3.90. The third kappa shape index (κ3) is 3.67. The first kappa shape index (κ1) is 16.4. The lowest BCUT2D eigenvalue weighted by Gasteiger charge is -2.25. The first-order valence-corrected chi connectivity index (χ1v) is 7.62. The summed E-state index contributed by atoms with van der Waals surface area (Å²) in [5, 5.41) is 0. The third-order valence-electron chi connectivity index (χ3n) is 2.55. The Kier molecular flexibility index (Phi) is 5.46. The number of rotatable bonds is 6. The summed E-state index contributed by atoms with van der Waals surface area (Å²) in [5.74, 6) is -0.700. The molecule has 0 aliphatic heterocycles. The van der Waals surface area contributed by atoms with E-state index in [1.54, 1.807) is 20.8 Å². The summed E-state index contributed by atoms with van der Waals surface area (Å²) in [6.45, 7) is 4.83. The highest BCUT2D eigenvalue weighted by Crippen LogP contribution is 2.21. The van der Waals surface area contributed by atoms with E-state index in [2.05, 4.69) is 4.98 Å². The Hall–Kier alpha value is -1.67. The van der Waals surface area contributed by atoms with Crippen LogP contribution < -0.4 is 5.73 Å². The zero-order valence-electron chi connectivity index (χ0n) is 11.7. The lowest BCUT2D eigenvalue weighted by Crippen LogP contribution is -2.41. The number of sulfonamides is 1. The van der Waals surface area contributed by atoms with Crippen molar-refractivity contribution in [2.75, 3.05) is 18.9 Å². The highest BCUT2D eigenvalue weighted by Gasteiger charge is 2.31. The highest BCUT2D eigenvalue weighted by atomic mass is 32.2. The van der Waals surface area contributed by atoms with E-state index in [0.29, 0.717) is 0 Å². The maximum Gasteiger partial charge on any atom is 0.321 e. The molecule has 7 nitrogen and oxygen atoms in total. The summed E-state index contributed by atoms with van der Waals surface area (Å²) in [4.78, 5) is 15.2. The molecule has 0 saturated carbocycles. The van der Waals surface area contributed by atoms with Crippen molar-refractivity contribution in [2.45, 2.75) is 31.7 Å². The number of carbonyl (C=O) groups excluding carboxylic acids is 1. The molecule has 2 N–H and O–H groups in total. The number of nitrogen functional groups attached to an aromatic ring is 1. The van der Waals surface area contributed by atoms with Crippen molar-refractivity contribution in [1.29, 1.82) is 0 Å². The molecule has 1 aromatic heterocycles. The SMILES string of the molecule is CCOC(=O)CN(C(C)C)S(=O)(=O)c1cccnc1N. The molecule has 0 amide bonds. The standard InChI is InChI=1S/C12H19N3O4S/c1-4-19-11(16)8-15(9(2)3)20(17,18)10-6-5-7-14-12(10)13/h5-7,9H,4,8H2,1-3H3,(H2,13,14). The van der Waals surface area contributed by atoms with E-state index >= 15 is 0 Å². The number of hydrogen-bond acceptors (Lipinski definition) is 6. The summed E-state index contributed by atoms with van der Waals surface area (Å²) >= 11 is 0. The van der Waals surface area contributed by atoms with Crippen LogP contribution in [0.25, 0.3) is 0 Å². The van der Waals surface area contributed by atoms with Gasteiger partial charge in [-0.15, -0.1) is 0 Å². The van der Waals surface area contributed by atoms with E-state index in [-0.39, 0.29) is 23.9 Å². The average molecular weight is 301 g/mol. The Labute approximate surface area is 118 Å². The molecule has 0 spiro atoms. The third-order valence-corrected chi connectivity index (χ3v) is 4.62. The van der Waals surface area contributed by atoms with Crippen LogP contribution >= 0.6 is 0 Å². The fourth-order valence-electron chi connectivity index (χ4n) is 1.63. The number of ether oxygens (including phenoxy) is 1. The maximum atomic E-state index is 12.5. The quantitative estimate of drug-likeness (QED) is 0.773. The molecule has 0 aromatic carbocycles. The smallest absolute Gasteiger partial charge is 0.321 e. The largest absolute Gasteiger partial charge is 0.465 e. The van der Waals surface area contributed by atoms with Crippen LogP contribution in [0.3, 0.4) is 0 Å². The predicted molar refractivity (Wildman–Crippen MR) is 74.3 cm³/mol. The Balaban J connectivity index is 3.14. The molecule has 0 bridgehead atoms. The Morgan fingerprint density at radius 2 is 2.15 bits per heavy atom. The van der Waals surface area contributed by atoms with Gasteiger partial charge in [-0.25, -0.2) is 13.4 Å². The summed E-state index contributed by atoms with van der Waals surface area (Å²) < 4.78 is 30.9. The Morgan fingerprint density at radius 1 is 1.50 bits per heavy atom. The number of aromatic nitrogens is 1. The van der Waals surface area contributed by atoms with E-state index in [4.69, 9.17) is 10.5 Å². The van der Waals surface area contributed by atoms with Gasteiger partial charge >= 0.3 is 5.97 Å². The highest BCUT2D eigenvalue weighted by molar-refractivity contribution is 7.89. The van der Waals surface area contributed by atoms with Crippen LogP contribution in [0.1, 0.15) is 20.8 Å². The van der Waals surface area contributed by atoms with E-state index in [0.717, 1.165) is 4.31 Å². The molecule has 8 heteroatoms. The molecule has 0 aliphatic carbocycles. The second kappa shape index (κ2) is 6.67. The number of esters is 1. The lowest BCUT2D eigenvalue weighted by molar-refractivity contribution is -0.143. The first-order chi connectivity index (χ1) is 9.30. The number of hydrogen-bond donors (Lipinski definition) is 1. The molecule has 112 valence electrons. The van der Waals surface area contributed by atoms with Crippen molar-refractivity contribution in [1.82, 2.24) is 9.29 Å². The molecule has 1 heterocycles. The van der Waals surface area contributed by atoms with Crippen molar-refractivity contribution in [2.24, 2.45) is 0 Å². The van der Waals surface area contributed by atoms with E-state index in [1.807, 2.05) is 0 Å². The molecule has 1 rings (SSSR count).